The number of imidazole rings is 1. The molecule has 0 saturated carbocycles. The smallest absolute Gasteiger partial charge is 0.180 e. The van der Waals surface area contributed by atoms with Crippen LogP contribution in [0.2, 0.25) is 0 Å². The summed E-state index contributed by atoms with van der Waals surface area (Å²) in [5.41, 5.74) is 5.70. The Bertz CT molecular complexity index is 583. The maximum Gasteiger partial charge on any atom is 0.180 e. The summed E-state index contributed by atoms with van der Waals surface area (Å²) in [6.07, 6.45) is 5.76. The van der Waals surface area contributed by atoms with Gasteiger partial charge >= 0.3 is 0 Å². The first-order chi connectivity index (χ1) is 9.63. The van der Waals surface area contributed by atoms with Gasteiger partial charge < -0.3 is 10.3 Å². The van der Waals surface area contributed by atoms with Crippen molar-refractivity contribution in [1.82, 2.24) is 24.3 Å². The summed E-state index contributed by atoms with van der Waals surface area (Å²) in [5, 5.41) is 0.648. The zero-order valence-corrected chi connectivity index (χ0v) is 13.9. The van der Waals surface area contributed by atoms with Crippen molar-refractivity contribution >= 4 is 28.9 Å². The van der Waals surface area contributed by atoms with Crippen LogP contribution in [0.1, 0.15) is 16.7 Å². The minimum absolute atomic E-state index is 0. The molecule has 8 heteroatoms. The van der Waals surface area contributed by atoms with Crippen molar-refractivity contribution in [3.63, 3.8) is 0 Å². The van der Waals surface area contributed by atoms with Crippen LogP contribution in [-0.2, 0) is 13.6 Å². The average molecular weight is 329 g/mol. The monoisotopic (exact) mass is 328 g/mol. The van der Waals surface area contributed by atoms with E-state index in [-0.39, 0.29) is 12.4 Å². The van der Waals surface area contributed by atoms with Crippen LogP contribution >= 0.6 is 23.7 Å². The predicted molar refractivity (Wildman–Crippen MR) is 87.6 cm³/mol. The molecule has 1 unspecified atom stereocenters. The van der Waals surface area contributed by atoms with E-state index < -0.39 is 0 Å². The quantitative estimate of drug-likeness (QED) is 0.922. The van der Waals surface area contributed by atoms with Crippen molar-refractivity contribution in [2.24, 2.45) is 7.05 Å². The molecule has 3 rings (SSSR count). The molecule has 3 heterocycles. The Morgan fingerprint density at radius 1 is 1.33 bits per heavy atom. The molecular formula is C13H21ClN6S. The van der Waals surface area contributed by atoms with Crippen molar-refractivity contribution in [2.45, 2.75) is 12.6 Å². The highest BCUT2D eigenvalue weighted by atomic mass is 35.5. The van der Waals surface area contributed by atoms with Crippen molar-refractivity contribution in [2.75, 3.05) is 32.4 Å². The lowest BCUT2D eigenvalue weighted by atomic mass is 10.1. The lowest BCUT2D eigenvalue weighted by molar-refractivity contribution is 0.0850. The molecule has 0 radical (unpaired) electrons. The van der Waals surface area contributed by atoms with Crippen LogP contribution in [0.25, 0.3) is 0 Å². The fourth-order valence-corrected chi connectivity index (χ4v) is 3.39. The summed E-state index contributed by atoms with van der Waals surface area (Å²) in [5.74, 6) is 1.13. The van der Waals surface area contributed by atoms with Crippen LogP contribution in [0.4, 0.5) is 5.13 Å². The summed E-state index contributed by atoms with van der Waals surface area (Å²) in [4.78, 5) is 14.7. The van der Waals surface area contributed by atoms with Gasteiger partial charge in [-0.1, -0.05) is 0 Å². The lowest BCUT2D eigenvalue weighted by Gasteiger charge is -2.38. The fourth-order valence-electron chi connectivity index (χ4n) is 2.67. The predicted octanol–water partition coefficient (Wildman–Crippen LogP) is 1.37. The van der Waals surface area contributed by atoms with Crippen LogP contribution in [0.5, 0.6) is 0 Å². The molecule has 1 aliphatic rings. The Kier molecular flexibility index (Phi) is 5.21. The molecule has 116 valence electrons. The number of likely N-dealkylation sites (N-methyl/N-ethyl adjacent to an activating group) is 1. The number of hydrogen-bond donors (Lipinski definition) is 1. The summed E-state index contributed by atoms with van der Waals surface area (Å²) < 4.78 is 2.11. The van der Waals surface area contributed by atoms with Gasteiger partial charge in [0.05, 0.1) is 6.04 Å². The summed E-state index contributed by atoms with van der Waals surface area (Å²) in [6, 6.07) is 0.342. The van der Waals surface area contributed by atoms with Crippen molar-refractivity contribution < 1.29 is 0 Å². The average Bonchev–Trinajstić information content (AvgIpc) is 3.01. The highest BCUT2D eigenvalue weighted by Crippen LogP contribution is 2.25. The van der Waals surface area contributed by atoms with Gasteiger partial charge in [0.15, 0.2) is 5.13 Å². The second-order valence-corrected chi connectivity index (χ2v) is 6.44. The van der Waals surface area contributed by atoms with E-state index in [9.17, 15) is 0 Å². The Labute approximate surface area is 135 Å². The van der Waals surface area contributed by atoms with Crippen molar-refractivity contribution in [3.05, 3.63) is 29.3 Å². The number of thiazole rings is 1. The number of nitrogens with zero attached hydrogens (tertiary/aromatic N) is 5. The maximum absolute atomic E-state index is 5.70. The molecule has 2 aromatic rings. The number of nitrogen functional groups attached to an aromatic ring is 1. The number of halogens is 1. The summed E-state index contributed by atoms with van der Waals surface area (Å²) in [7, 11) is 4.22. The number of rotatable bonds is 3. The van der Waals surface area contributed by atoms with Crippen molar-refractivity contribution in [1.29, 1.82) is 0 Å². The van der Waals surface area contributed by atoms with Crippen LogP contribution in [0.15, 0.2) is 18.6 Å². The van der Waals surface area contributed by atoms with Gasteiger partial charge in [0.2, 0.25) is 0 Å². The second-order valence-electron chi connectivity index (χ2n) is 5.29. The number of hydrogen-bond acceptors (Lipinski definition) is 6. The normalized spacial score (nSPS) is 20.4. The molecule has 0 bridgehead atoms. The lowest BCUT2D eigenvalue weighted by Crippen LogP contribution is -2.46. The van der Waals surface area contributed by atoms with E-state index in [2.05, 4.69) is 38.4 Å². The van der Waals surface area contributed by atoms with Gasteiger partial charge in [-0.25, -0.2) is 9.97 Å². The third-order valence-corrected chi connectivity index (χ3v) is 4.65. The molecule has 2 aromatic heterocycles. The van der Waals surface area contributed by atoms with E-state index in [0.29, 0.717) is 11.2 Å². The van der Waals surface area contributed by atoms with E-state index >= 15 is 0 Å². The summed E-state index contributed by atoms with van der Waals surface area (Å²) >= 11 is 1.57. The maximum atomic E-state index is 5.70. The first kappa shape index (κ1) is 16.2. The minimum Gasteiger partial charge on any atom is -0.375 e. The molecule has 0 spiro atoms. The third-order valence-electron chi connectivity index (χ3n) is 3.84. The fraction of sp³-hybridized carbons (Fsp3) is 0.538. The standard InChI is InChI=1S/C13H20N6S.ClH/c1-17-5-6-19(8-10-7-16-13(14)20-10)9-11(17)12-15-3-4-18(12)2;/h3-4,7,11H,5-6,8-9H2,1-2H3,(H2,14,16);1H. The van der Waals surface area contributed by atoms with Gasteiger partial charge in [-0.3, -0.25) is 9.80 Å². The SMILES string of the molecule is CN1CCN(Cc2cnc(N)s2)CC1c1nccn1C.Cl. The molecule has 0 amide bonds. The van der Waals surface area contributed by atoms with E-state index in [1.807, 2.05) is 18.6 Å². The Hall–Kier alpha value is -1.15. The van der Waals surface area contributed by atoms with E-state index in [1.54, 1.807) is 11.3 Å². The number of nitrogens with two attached hydrogens (primary N) is 1. The number of anilines is 1. The number of aromatic nitrogens is 3. The van der Waals surface area contributed by atoms with E-state index in [0.717, 1.165) is 32.0 Å². The molecule has 2 N–H and O–H groups in total. The first-order valence-electron chi connectivity index (χ1n) is 6.73. The molecule has 1 atom stereocenters. The zero-order chi connectivity index (χ0) is 14.1. The Morgan fingerprint density at radius 3 is 2.76 bits per heavy atom. The topological polar surface area (TPSA) is 63.2 Å². The number of aryl methyl sites for hydroxylation is 1. The van der Waals surface area contributed by atoms with Crippen LogP contribution < -0.4 is 5.73 Å². The van der Waals surface area contributed by atoms with Crippen molar-refractivity contribution in [3.8, 4) is 0 Å². The van der Waals surface area contributed by atoms with Crippen LogP contribution in [0, 0.1) is 0 Å². The zero-order valence-electron chi connectivity index (χ0n) is 12.3. The van der Waals surface area contributed by atoms with Gasteiger partial charge in [-0.15, -0.1) is 23.7 Å². The van der Waals surface area contributed by atoms with E-state index in [1.165, 1.54) is 4.88 Å². The largest absolute Gasteiger partial charge is 0.375 e. The second kappa shape index (κ2) is 6.74. The Morgan fingerprint density at radius 2 is 2.14 bits per heavy atom. The summed E-state index contributed by atoms with van der Waals surface area (Å²) in [6.45, 7) is 4.02. The van der Waals surface area contributed by atoms with Crippen LogP contribution in [-0.4, -0.2) is 51.0 Å². The molecule has 6 nitrogen and oxygen atoms in total. The molecule has 0 aromatic carbocycles. The molecule has 21 heavy (non-hydrogen) atoms. The first-order valence-corrected chi connectivity index (χ1v) is 7.55. The molecule has 1 saturated heterocycles. The molecular weight excluding hydrogens is 308 g/mol. The third kappa shape index (κ3) is 3.55. The minimum atomic E-state index is 0. The Balaban J connectivity index is 0.00000161. The van der Waals surface area contributed by atoms with Gasteiger partial charge in [0, 0.05) is 56.7 Å². The highest BCUT2D eigenvalue weighted by molar-refractivity contribution is 7.15. The molecule has 0 aliphatic carbocycles. The van der Waals surface area contributed by atoms with Crippen LogP contribution in [0.3, 0.4) is 0 Å². The van der Waals surface area contributed by atoms with Gasteiger partial charge in [-0.05, 0) is 7.05 Å². The van der Waals surface area contributed by atoms with Gasteiger partial charge in [0.1, 0.15) is 5.82 Å². The molecule has 1 aliphatic heterocycles. The van der Waals surface area contributed by atoms with Gasteiger partial charge in [-0.2, -0.15) is 0 Å². The number of piperazine rings is 1. The highest BCUT2D eigenvalue weighted by Gasteiger charge is 2.28. The van der Waals surface area contributed by atoms with Gasteiger partial charge in [0.25, 0.3) is 0 Å². The van der Waals surface area contributed by atoms with E-state index in [4.69, 9.17) is 5.73 Å². The molecule has 1 fully saturated rings.